The SMILES string of the molecule is C=CC1CCCC=C1C(=O)C1CC1. The average Bonchev–Trinajstić information content (AvgIpc) is 3.00. The molecular formula is C12H16O. The first-order valence-corrected chi connectivity index (χ1v) is 5.19. The summed E-state index contributed by atoms with van der Waals surface area (Å²) < 4.78 is 0. The van der Waals surface area contributed by atoms with Crippen LogP contribution in [-0.4, -0.2) is 5.78 Å². The molecule has 1 heteroatoms. The van der Waals surface area contributed by atoms with E-state index in [1.54, 1.807) is 0 Å². The summed E-state index contributed by atoms with van der Waals surface area (Å²) in [6.45, 7) is 3.80. The maximum Gasteiger partial charge on any atom is 0.162 e. The van der Waals surface area contributed by atoms with Gasteiger partial charge in [-0.25, -0.2) is 0 Å². The third-order valence-corrected chi connectivity index (χ3v) is 3.00. The minimum Gasteiger partial charge on any atom is -0.294 e. The van der Waals surface area contributed by atoms with Crippen LogP contribution in [0.2, 0.25) is 0 Å². The van der Waals surface area contributed by atoms with Gasteiger partial charge in [0.15, 0.2) is 5.78 Å². The van der Waals surface area contributed by atoms with Crippen molar-refractivity contribution in [3.05, 3.63) is 24.3 Å². The van der Waals surface area contributed by atoms with Crippen molar-refractivity contribution in [3.63, 3.8) is 0 Å². The Labute approximate surface area is 79.5 Å². The van der Waals surface area contributed by atoms with Gasteiger partial charge in [0.2, 0.25) is 0 Å². The van der Waals surface area contributed by atoms with E-state index in [2.05, 4.69) is 12.7 Å². The fourth-order valence-electron chi connectivity index (χ4n) is 2.01. The Kier molecular flexibility index (Phi) is 2.34. The van der Waals surface area contributed by atoms with Crippen molar-refractivity contribution in [2.75, 3.05) is 0 Å². The Hall–Kier alpha value is -0.850. The van der Waals surface area contributed by atoms with Gasteiger partial charge in [0.1, 0.15) is 0 Å². The van der Waals surface area contributed by atoms with Gasteiger partial charge in [0, 0.05) is 11.8 Å². The number of allylic oxidation sites excluding steroid dienone is 3. The molecule has 13 heavy (non-hydrogen) atoms. The molecule has 0 radical (unpaired) electrons. The van der Waals surface area contributed by atoms with Crippen LogP contribution >= 0.6 is 0 Å². The quantitative estimate of drug-likeness (QED) is 0.604. The highest BCUT2D eigenvalue weighted by Crippen LogP contribution is 2.37. The molecule has 2 rings (SSSR count). The lowest BCUT2D eigenvalue weighted by Crippen LogP contribution is -2.15. The van der Waals surface area contributed by atoms with Crippen LogP contribution in [0.25, 0.3) is 0 Å². The predicted octanol–water partition coefficient (Wildman–Crippen LogP) is 2.88. The summed E-state index contributed by atoms with van der Waals surface area (Å²) in [5.41, 5.74) is 1.06. The minimum absolute atomic E-state index is 0.349. The van der Waals surface area contributed by atoms with Crippen molar-refractivity contribution in [3.8, 4) is 0 Å². The van der Waals surface area contributed by atoms with E-state index in [1.807, 2.05) is 6.08 Å². The standard InChI is InChI=1S/C12H16O/c1-2-9-5-3-4-6-11(9)12(13)10-7-8-10/h2,6,9-10H,1,3-5,7-8H2. The highest BCUT2D eigenvalue weighted by Gasteiger charge is 2.34. The summed E-state index contributed by atoms with van der Waals surface area (Å²) in [6, 6.07) is 0. The number of Topliss-reactive ketones (excluding diaryl/α,β-unsaturated/α-hetero) is 1. The van der Waals surface area contributed by atoms with Crippen molar-refractivity contribution >= 4 is 5.78 Å². The van der Waals surface area contributed by atoms with Crippen molar-refractivity contribution in [1.29, 1.82) is 0 Å². The molecule has 1 nitrogen and oxygen atoms in total. The van der Waals surface area contributed by atoms with Crippen LogP contribution in [0.1, 0.15) is 32.1 Å². The highest BCUT2D eigenvalue weighted by molar-refractivity contribution is 5.99. The van der Waals surface area contributed by atoms with Gasteiger partial charge in [-0.1, -0.05) is 12.2 Å². The molecule has 0 saturated heterocycles. The Morgan fingerprint density at radius 1 is 1.46 bits per heavy atom. The van der Waals surface area contributed by atoms with Crippen LogP contribution in [0.15, 0.2) is 24.3 Å². The molecule has 0 bridgehead atoms. The fraction of sp³-hybridized carbons (Fsp3) is 0.583. The van der Waals surface area contributed by atoms with E-state index >= 15 is 0 Å². The molecule has 0 N–H and O–H groups in total. The molecule has 0 aromatic rings. The zero-order valence-electron chi connectivity index (χ0n) is 7.96. The van der Waals surface area contributed by atoms with E-state index < -0.39 is 0 Å². The van der Waals surface area contributed by atoms with Crippen LogP contribution in [0, 0.1) is 11.8 Å². The van der Waals surface area contributed by atoms with Crippen molar-refractivity contribution in [1.82, 2.24) is 0 Å². The molecule has 1 atom stereocenters. The van der Waals surface area contributed by atoms with Gasteiger partial charge >= 0.3 is 0 Å². The summed E-state index contributed by atoms with van der Waals surface area (Å²) in [7, 11) is 0. The van der Waals surface area contributed by atoms with E-state index in [0.29, 0.717) is 17.6 Å². The molecule has 1 saturated carbocycles. The second-order valence-corrected chi connectivity index (χ2v) is 4.07. The van der Waals surface area contributed by atoms with Gasteiger partial charge in [0.05, 0.1) is 0 Å². The van der Waals surface area contributed by atoms with Crippen LogP contribution in [0.5, 0.6) is 0 Å². The Bertz CT molecular complexity index is 258. The molecule has 2 aliphatic carbocycles. The smallest absolute Gasteiger partial charge is 0.162 e. The predicted molar refractivity (Wildman–Crippen MR) is 53.4 cm³/mol. The van der Waals surface area contributed by atoms with E-state index in [-0.39, 0.29) is 0 Å². The molecule has 0 amide bonds. The summed E-state index contributed by atoms with van der Waals surface area (Å²) >= 11 is 0. The third-order valence-electron chi connectivity index (χ3n) is 3.00. The number of carbonyl (C=O) groups is 1. The highest BCUT2D eigenvalue weighted by atomic mass is 16.1. The summed E-state index contributed by atoms with van der Waals surface area (Å²) in [5.74, 6) is 1.12. The first-order chi connectivity index (χ1) is 6.33. The Balaban J connectivity index is 2.13. The van der Waals surface area contributed by atoms with Gasteiger partial charge in [-0.15, -0.1) is 6.58 Å². The van der Waals surface area contributed by atoms with Gasteiger partial charge in [-0.05, 0) is 37.7 Å². The van der Waals surface area contributed by atoms with E-state index in [0.717, 1.165) is 31.3 Å². The van der Waals surface area contributed by atoms with Crippen molar-refractivity contribution < 1.29 is 4.79 Å². The molecule has 0 heterocycles. The average molecular weight is 176 g/mol. The minimum atomic E-state index is 0.349. The van der Waals surface area contributed by atoms with Crippen molar-refractivity contribution in [2.24, 2.45) is 11.8 Å². The third kappa shape index (κ3) is 1.74. The first-order valence-electron chi connectivity index (χ1n) is 5.19. The van der Waals surface area contributed by atoms with Crippen LogP contribution in [0.4, 0.5) is 0 Å². The molecule has 0 aromatic carbocycles. The lowest BCUT2D eigenvalue weighted by molar-refractivity contribution is -0.117. The Morgan fingerprint density at radius 3 is 2.85 bits per heavy atom. The van der Waals surface area contributed by atoms with Crippen LogP contribution in [-0.2, 0) is 4.79 Å². The van der Waals surface area contributed by atoms with Crippen LogP contribution < -0.4 is 0 Å². The first kappa shape index (κ1) is 8.74. The molecule has 2 aliphatic rings. The zero-order valence-corrected chi connectivity index (χ0v) is 7.96. The van der Waals surface area contributed by atoms with Gasteiger partial charge in [-0.3, -0.25) is 4.79 Å². The maximum absolute atomic E-state index is 11.8. The topological polar surface area (TPSA) is 17.1 Å². The molecule has 0 spiro atoms. The monoisotopic (exact) mass is 176 g/mol. The van der Waals surface area contributed by atoms with E-state index in [4.69, 9.17) is 0 Å². The normalized spacial score (nSPS) is 28.0. The lowest BCUT2D eigenvalue weighted by Gasteiger charge is -2.19. The lowest BCUT2D eigenvalue weighted by atomic mass is 9.84. The molecule has 1 fully saturated rings. The molecule has 0 aliphatic heterocycles. The fourth-order valence-corrected chi connectivity index (χ4v) is 2.01. The number of carbonyl (C=O) groups excluding carboxylic acids is 1. The number of ketones is 1. The van der Waals surface area contributed by atoms with Gasteiger partial charge < -0.3 is 0 Å². The second-order valence-electron chi connectivity index (χ2n) is 4.07. The molecular weight excluding hydrogens is 160 g/mol. The van der Waals surface area contributed by atoms with Crippen molar-refractivity contribution in [2.45, 2.75) is 32.1 Å². The summed E-state index contributed by atoms with van der Waals surface area (Å²) in [5, 5.41) is 0. The molecule has 70 valence electrons. The number of hydrogen-bond donors (Lipinski definition) is 0. The van der Waals surface area contributed by atoms with Crippen LogP contribution in [0.3, 0.4) is 0 Å². The maximum atomic E-state index is 11.8. The number of rotatable bonds is 3. The van der Waals surface area contributed by atoms with Gasteiger partial charge in [0.25, 0.3) is 0 Å². The number of hydrogen-bond acceptors (Lipinski definition) is 1. The Morgan fingerprint density at radius 2 is 2.23 bits per heavy atom. The summed E-state index contributed by atoms with van der Waals surface area (Å²) in [6.07, 6.45) is 9.70. The zero-order chi connectivity index (χ0) is 9.26. The van der Waals surface area contributed by atoms with Gasteiger partial charge in [-0.2, -0.15) is 0 Å². The summed E-state index contributed by atoms with van der Waals surface area (Å²) in [4.78, 5) is 11.8. The second kappa shape index (κ2) is 3.49. The molecule has 0 aromatic heterocycles. The van der Waals surface area contributed by atoms with E-state index in [1.165, 1.54) is 6.42 Å². The van der Waals surface area contributed by atoms with E-state index in [9.17, 15) is 4.79 Å². The largest absolute Gasteiger partial charge is 0.294 e. The molecule has 1 unspecified atom stereocenters.